The Balaban J connectivity index is 1.23. The van der Waals surface area contributed by atoms with Crippen LogP contribution in [0.2, 0.25) is 0 Å². The van der Waals surface area contributed by atoms with Crippen LogP contribution in [-0.2, 0) is 13.0 Å². The molecule has 3 aromatic carbocycles. The van der Waals surface area contributed by atoms with Crippen molar-refractivity contribution in [2.24, 2.45) is 0 Å². The highest BCUT2D eigenvalue weighted by molar-refractivity contribution is 9.10. The summed E-state index contributed by atoms with van der Waals surface area (Å²) in [6, 6.07) is 21.1. The largest absolute Gasteiger partial charge is 0.508 e. The van der Waals surface area contributed by atoms with Crippen molar-refractivity contribution in [2.45, 2.75) is 38.6 Å². The van der Waals surface area contributed by atoms with Crippen LogP contribution in [-0.4, -0.2) is 54.2 Å². The highest BCUT2D eigenvalue weighted by Crippen LogP contribution is 2.41. The van der Waals surface area contributed by atoms with Crippen molar-refractivity contribution < 1.29 is 9.84 Å². The lowest BCUT2D eigenvalue weighted by atomic mass is 9.98. The van der Waals surface area contributed by atoms with Crippen molar-refractivity contribution in [3.05, 3.63) is 81.8 Å². The molecule has 0 amide bonds. The van der Waals surface area contributed by atoms with E-state index in [1.807, 2.05) is 6.07 Å². The zero-order valence-corrected chi connectivity index (χ0v) is 24.2. The van der Waals surface area contributed by atoms with Gasteiger partial charge in [0.25, 0.3) is 0 Å². The molecule has 1 N–H and O–H groups in total. The third-order valence-electron chi connectivity index (χ3n) is 7.86. The average Bonchev–Trinajstić information content (AvgIpc) is 3.69. The van der Waals surface area contributed by atoms with E-state index in [1.54, 1.807) is 17.4 Å². The monoisotopic (exact) mass is 590 g/mol. The van der Waals surface area contributed by atoms with E-state index >= 15 is 0 Å². The minimum atomic E-state index is 0.313. The van der Waals surface area contributed by atoms with Crippen molar-refractivity contribution in [3.8, 4) is 21.9 Å². The van der Waals surface area contributed by atoms with E-state index in [-0.39, 0.29) is 0 Å². The number of fused-ring (bicyclic) bond motifs is 1. The number of rotatable bonds is 9. The van der Waals surface area contributed by atoms with Gasteiger partial charge >= 0.3 is 0 Å². The Kier molecular flexibility index (Phi) is 8.03. The number of aromatic hydroxyl groups is 1. The van der Waals surface area contributed by atoms with Crippen LogP contribution in [0.25, 0.3) is 20.5 Å². The Morgan fingerprint density at radius 2 is 1.58 bits per heavy atom. The van der Waals surface area contributed by atoms with E-state index in [9.17, 15) is 5.11 Å². The standard InChI is InChI=1S/C32H35BrN2O2S/c33-30-20-23(5-6-25(30)22-35-15-3-4-16-35)19-29-28-12-9-26(36)21-31(28)38-32(29)24-7-10-27(11-8-24)37-18-17-34-13-1-2-14-34/h5-12,20-21,36H,1-4,13-19,22H2. The molecular weight excluding hydrogens is 556 g/mol. The summed E-state index contributed by atoms with van der Waals surface area (Å²) in [5.41, 5.74) is 5.15. The Bertz CT molecular complexity index is 1390. The van der Waals surface area contributed by atoms with Gasteiger partial charge in [0.2, 0.25) is 0 Å². The summed E-state index contributed by atoms with van der Waals surface area (Å²) in [5, 5.41) is 11.4. The zero-order valence-electron chi connectivity index (χ0n) is 21.8. The number of ether oxygens (including phenoxy) is 1. The summed E-state index contributed by atoms with van der Waals surface area (Å²) in [4.78, 5) is 6.27. The molecule has 0 atom stereocenters. The number of thiophene rings is 1. The van der Waals surface area contributed by atoms with Crippen LogP contribution in [0, 0.1) is 0 Å². The van der Waals surface area contributed by atoms with Gasteiger partial charge in [-0.2, -0.15) is 0 Å². The van der Waals surface area contributed by atoms with Crippen LogP contribution >= 0.6 is 27.3 Å². The maximum Gasteiger partial charge on any atom is 0.119 e. The van der Waals surface area contributed by atoms with Crippen molar-refractivity contribution >= 4 is 37.4 Å². The lowest BCUT2D eigenvalue weighted by molar-refractivity contribution is 0.238. The fourth-order valence-corrected chi connectivity index (χ4v) is 7.58. The van der Waals surface area contributed by atoms with Gasteiger partial charge in [-0.05, 0) is 134 Å². The van der Waals surface area contributed by atoms with Gasteiger partial charge in [-0.1, -0.05) is 28.1 Å². The van der Waals surface area contributed by atoms with E-state index < -0.39 is 0 Å². The predicted octanol–water partition coefficient (Wildman–Crippen LogP) is 7.70. The third-order valence-corrected chi connectivity index (χ3v) is 9.84. The Morgan fingerprint density at radius 1 is 0.842 bits per heavy atom. The first kappa shape index (κ1) is 25.9. The summed E-state index contributed by atoms with van der Waals surface area (Å²) < 4.78 is 8.36. The van der Waals surface area contributed by atoms with E-state index in [0.29, 0.717) is 5.75 Å². The molecule has 2 saturated heterocycles. The van der Waals surface area contributed by atoms with Crippen molar-refractivity contribution in [1.29, 1.82) is 0 Å². The van der Waals surface area contributed by atoms with Gasteiger partial charge in [0.15, 0.2) is 0 Å². The summed E-state index contributed by atoms with van der Waals surface area (Å²) in [7, 11) is 0. The number of likely N-dealkylation sites (tertiary alicyclic amines) is 2. The molecular formula is C32H35BrN2O2S. The second-order valence-electron chi connectivity index (χ2n) is 10.6. The second-order valence-corrected chi connectivity index (χ2v) is 12.5. The number of benzene rings is 3. The highest BCUT2D eigenvalue weighted by Gasteiger charge is 2.17. The van der Waals surface area contributed by atoms with Gasteiger partial charge in [-0.3, -0.25) is 9.80 Å². The molecule has 4 aromatic rings. The van der Waals surface area contributed by atoms with Gasteiger partial charge in [0, 0.05) is 27.1 Å². The van der Waals surface area contributed by atoms with Crippen LogP contribution in [0.15, 0.2) is 65.1 Å². The van der Waals surface area contributed by atoms with Crippen molar-refractivity contribution in [2.75, 3.05) is 39.3 Å². The third kappa shape index (κ3) is 5.94. The number of nitrogens with zero attached hydrogens (tertiary/aromatic N) is 2. The maximum absolute atomic E-state index is 10.1. The number of phenols is 1. The molecule has 0 saturated carbocycles. The highest BCUT2D eigenvalue weighted by atomic mass is 79.9. The smallest absolute Gasteiger partial charge is 0.119 e. The molecule has 2 fully saturated rings. The minimum absolute atomic E-state index is 0.313. The molecule has 2 aliphatic rings. The number of hydrogen-bond donors (Lipinski definition) is 1. The van der Waals surface area contributed by atoms with Gasteiger partial charge in [0.1, 0.15) is 18.1 Å². The maximum atomic E-state index is 10.1. The molecule has 198 valence electrons. The molecule has 6 rings (SSSR count). The normalized spacial score (nSPS) is 16.6. The molecule has 38 heavy (non-hydrogen) atoms. The molecule has 1 aromatic heterocycles. The van der Waals surface area contributed by atoms with Gasteiger partial charge in [-0.15, -0.1) is 11.3 Å². The lowest BCUT2D eigenvalue weighted by Crippen LogP contribution is -2.25. The van der Waals surface area contributed by atoms with Gasteiger partial charge < -0.3 is 9.84 Å². The number of halogens is 1. The fourth-order valence-electron chi connectivity index (χ4n) is 5.76. The van der Waals surface area contributed by atoms with Crippen LogP contribution in [0.5, 0.6) is 11.5 Å². The topological polar surface area (TPSA) is 35.9 Å². The summed E-state index contributed by atoms with van der Waals surface area (Å²) >= 11 is 5.61. The molecule has 6 heteroatoms. The molecule has 2 aliphatic heterocycles. The number of hydrogen-bond acceptors (Lipinski definition) is 5. The minimum Gasteiger partial charge on any atom is -0.508 e. The average molecular weight is 592 g/mol. The van der Waals surface area contributed by atoms with Crippen LogP contribution in [0.4, 0.5) is 0 Å². The Hall–Kier alpha value is -2.38. The van der Waals surface area contributed by atoms with E-state index in [1.165, 1.54) is 88.9 Å². The lowest BCUT2D eigenvalue weighted by Gasteiger charge is -2.16. The summed E-state index contributed by atoms with van der Waals surface area (Å²) in [5.74, 6) is 1.23. The van der Waals surface area contributed by atoms with Gasteiger partial charge in [0.05, 0.1) is 0 Å². The first-order valence-corrected chi connectivity index (χ1v) is 15.4. The molecule has 3 heterocycles. The molecule has 0 spiro atoms. The second kappa shape index (κ2) is 11.8. The summed E-state index contributed by atoms with van der Waals surface area (Å²) in [6.45, 7) is 7.54. The molecule has 0 unspecified atom stereocenters. The van der Waals surface area contributed by atoms with Crippen LogP contribution in [0.1, 0.15) is 42.4 Å². The van der Waals surface area contributed by atoms with E-state index in [2.05, 4.69) is 74.3 Å². The quantitative estimate of drug-likeness (QED) is 0.217. The molecule has 4 nitrogen and oxygen atoms in total. The van der Waals surface area contributed by atoms with Crippen LogP contribution < -0.4 is 4.74 Å². The molecule has 0 aliphatic carbocycles. The van der Waals surface area contributed by atoms with Crippen molar-refractivity contribution in [1.82, 2.24) is 9.80 Å². The van der Waals surface area contributed by atoms with E-state index in [4.69, 9.17) is 4.74 Å². The fraction of sp³-hybridized carbons (Fsp3) is 0.375. The number of phenolic OH excluding ortho intramolecular Hbond substituents is 1. The summed E-state index contributed by atoms with van der Waals surface area (Å²) in [6.07, 6.45) is 6.08. The first-order valence-electron chi connectivity index (χ1n) is 13.8. The predicted molar refractivity (Wildman–Crippen MR) is 162 cm³/mol. The Labute approximate surface area is 238 Å². The van der Waals surface area contributed by atoms with E-state index in [0.717, 1.165) is 36.6 Å². The molecule has 0 radical (unpaired) electrons. The van der Waals surface area contributed by atoms with Crippen LogP contribution in [0.3, 0.4) is 0 Å². The SMILES string of the molecule is Oc1ccc2c(Cc3ccc(CN4CCCC4)c(Br)c3)c(-c3ccc(OCCN4CCCC4)cc3)sc2c1. The zero-order chi connectivity index (χ0) is 25.9. The van der Waals surface area contributed by atoms with Gasteiger partial charge in [-0.25, -0.2) is 0 Å². The van der Waals surface area contributed by atoms with Crippen molar-refractivity contribution in [3.63, 3.8) is 0 Å². The Morgan fingerprint density at radius 3 is 2.32 bits per heavy atom. The first-order chi connectivity index (χ1) is 18.6. The molecule has 0 bridgehead atoms.